The Kier molecular flexibility index (Phi) is 4.12. The summed E-state index contributed by atoms with van der Waals surface area (Å²) >= 11 is 1.77. The summed E-state index contributed by atoms with van der Waals surface area (Å²) in [5.41, 5.74) is 1.67. The van der Waals surface area contributed by atoms with Gasteiger partial charge in [0.1, 0.15) is 5.01 Å². The van der Waals surface area contributed by atoms with E-state index in [1.807, 2.05) is 0 Å². The highest BCUT2D eigenvalue weighted by molar-refractivity contribution is 7.09. The van der Waals surface area contributed by atoms with E-state index < -0.39 is 0 Å². The van der Waals surface area contributed by atoms with Gasteiger partial charge >= 0.3 is 0 Å². The molecule has 1 saturated carbocycles. The van der Waals surface area contributed by atoms with Gasteiger partial charge in [0.25, 0.3) is 0 Å². The van der Waals surface area contributed by atoms with Gasteiger partial charge in [0, 0.05) is 17.1 Å². The van der Waals surface area contributed by atoms with Crippen molar-refractivity contribution < 1.29 is 0 Å². The van der Waals surface area contributed by atoms with Gasteiger partial charge in [0.05, 0.1) is 6.04 Å². The molecule has 1 aliphatic carbocycles. The Bertz CT molecular complexity index is 397. The Morgan fingerprint density at radius 1 is 1.50 bits per heavy atom. The molecule has 0 spiro atoms. The third-order valence-corrected chi connectivity index (χ3v) is 5.31. The molecule has 2 nitrogen and oxygen atoms in total. The molecule has 0 bridgehead atoms. The van der Waals surface area contributed by atoms with E-state index in [-0.39, 0.29) is 0 Å². The molecular weight excluding hydrogens is 240 g/mol. The highest BCUT2D eigenvalue weighted by atomic mass is 32.1. The summed E-state index contributed by atoms with van der Waals surface area (Å²) in [6.45, 7) is 11.5. The van der Waals surface area contributed by atoms with Crippen molar-refractivity contribution in [2.24, 2.45) is 11.3 Å². The molecule has 0 amide bonds. The van der Waals surface area contributed by atoms with Gasteiger partial charge in [-0.3, -0.25) is 0 Å². The van der Waals surface area contributed by atoms with Crippen molar-refractivity contribution in [3.05, 3.63) is 16.1 Å². The number of hydrogen-bond acceptors (Lipinski definition) is 3. The third kappa shape index (κ3) is 3.33. The lowest BCUT2D eigenvalue weighted by atomic mass is 9.70. The molecule has 1 aromatic rings. The Balaban J connectivity index is 1.94. The number of aromatic nitrogens is 1. The number of nitrogens with zero attached hydrogens (tertiary/aromatic N) is 1. The Morgan fingerprint density at radius 2 is 2.22 bits per heavy atom. The first-order valence-corrected chi connectivity index (χ1v) is 7.93. The Morgan fingerprint density at radius 3 is 2.78 bits per heavy atom. The van der Waals surface area contributed by atoms with Gasteiger partial charge in [0.15, 0.2) is 0 Å². The zero-order valence-corrected chi connectivity index (χ0v) is 13.1. The SMILES string of the molecule is Cc1csc(C(C)NC2CCC(C)(C)CC2C)n1. The summed E-state index contributed by atoms with van der Waals surface area (Å²) in [5, 5.41) is 7.15. The van der Waals surface area contributed by atoms with Crippen molar-refractivity contribution in [2.45, 2.75) is 66.0 Å². The van der Waals surface area contributed by atoms with E-state index in [1.54, 1.807) is 11.3 Å². The van der Waals surface area contributed by atoms with Crippen LogP contribution < -0.4 is 5.32 Å². The molecule has 3 atom stereocenters. The third-order valence-electron chi connectivity index (χ3n) is 4.16. The van der Waals surface area contributed by atoms with Crippen molar-refractivity contribution in [3.8, 4) is 0 Å². The van der Waals surface area contributed by atoms with Crippen LogP contribution in [0.15, 0.2) is 5.38 Å². The van der Waals surface area contributed by atoms with E-state index in [1.165, 1.54) is 24.3 Å². The van der Waals surface area contributed by atoms with Gasteiger partial charge in [-0.2, -0.15) is 0 Å². The van der Waals surface area contributed by atoms with Gasteiger partial charge in [-0.25, -0.2) is 4.98 Å². The van der Waals surface area contributed by atoms with Crippen molar-refractivity contribution in [1.82, 2.24) is 10.3 Å². The minimum Gasteiger partial charge on any atom is -0.305 e. The van der Waals surface area contributed by atoms with Crippen LogP contribution in [0.4, 0.5) is 0 Å². The predicted octanol–water partition coefficient (Wildman–Crippen LogP) is 4.32. The maximum Gasteiger partial charge on any atom is 0.110 e. The monoisotopic (exact) mass is 266 g/mol. The highest BCUT2D eigenvalue weighted by Gasteiger charge is 2.33. The second-order valence-electron chi connectivity index (χ2n) is 6.71. The van der Waals surface area contributed by atoms with Crippen LogP contribution >= 0.6 is 11.3 Å². The van der Waals surface area contributed by atoms with E-state index in [0.717, 1.165) is 11.6 Å². The Hall–Kier alpha value is -0.410. The summed E-state index contributed by atoms with van der Waals surface area (Å²) in [6.07, 6.45) is 3.95. The zero-order valence-electron chi connectivity index (χ0n) is 12.3. The van der Waals surface area contributed by atoms with Crippen LogP contribution in [0.25, 0.3) is 0 Å². The summed E-state index contributed by atoms with van der Waals surface area (Å²) < 4.78 is 0. The summed E-state index contributed by atoms with van der Waals surface area (Å²) in [4.78, 5) is 4.59. The average molecular weight is 266 g/mol. The first kappa shape index (κ1) is 14.0. The van der Waals surface area contributed by atoms with Crippen molar-refractivity contribution in [1.29, 1.82) is 0 Å². The van der Waals surface area contributed by atoms with Crippen LogP contribution in [0.2, 0.25) is 0 Å². The molecule has 3 heteroatoms. The van der Waals surface area contributed by atoms with Gasteiger partial charge in [-0.1, -0.05) is 20.8 Å². The van der Waals surface area contributed by atoms with Crippen LogP contribution in [0.5, 0.6) is 0 Å². The minimum atomic E-state index is 0.386. The fraction of sp³-hybridized carbons (Fsp3) is 0.800. The van der Waals surface area contributed by atoms with Crippen LogP contribution in [0, 0.1) is 18.3 Å². The second-order valence-corrected chi connectivity index (χ2v) is 7.60. The lowest BCUT2D eigenvalue weighted by molar-refractivity contribution is 0.143. The van der Waals surface area contributed by atoms with E-state index in [0.29, 0.717) is 17.5 Å². The van der Waals surface area contributed by atoms with Gasteiger partial charge in [-0.15, -0.1) is 11.3 Å². The van der Waals surface area contributed by atoms with Crippen molar-refractivity contribution in [3.63, 3.8) is 0 Å². The summed E-state index contributed by atoms with van der Waals surface area (Å²) in [6, 6.07) is 1.04. The van der Waals surface area contributed by atoms with Crippen LogP contribution in [0.1, 0.15) is 63.7 Å². The molecule has 0 aliphatic heterocycles. The predicted molar refractivity (Wildman–Crippen MR) is 79.0 cm³/mol. The number of aryl methyl sites for hydroxylation is 1. The van der Waals surface area contributed by atoms with Gasteiger partial charge in [-0.05, 0) is 44.4 Å². The normalized spacial score (nSPS) is 29.2. The maximum absolute atomic E-state index is 4.59. The number of thiazole rings is 1. The van der Waals surface area contributed by atoms with Crippen molar-refractivity contribution >= 4 is 11.3 Å². The van der Waals surface area contributed by atoms with E-state index in [9.17, 15) is 0 Å². The summed E-state index contributed by atoms with van der Waals surface area (Å²) in [7, 11) is 0. The lowest BCUT2D eigenvalue weighted by Gasteiger charge is -2.40. The smallest absolute Gasteiger partial charge is 0.110 e. The van der Waals surface area contributed by atoms with Gasteiger partial charge < -0.3 is 5.32 Å². The van der Waals surface area contributed by atoms with E-state index in [4.69, 9.17) is 0 Å². The van der Waals surface area contributed by atoms with E-state index in [2.05, 4.69) is 50.3 Å². The molecule has 0 radical (unpaired) electrons. The maximum atomic E-state index is 4.59. The molecule has 3 unspecified atom stereocenters. The molecule has 2 rings (SSSR count). The molecule has 0 aromatic carbocycles. The van der Waals surface area contributed by atoms with E-state index >= 15 is 0 Å². The molecule has 18 heavy (non-hydrogen) atoms. The van der Waals surface area contributed by atoms with Crippen LogP contribution in [0.3, 0.4) is 0 Å². The topological polar surface area (TPSA) is 24.9 Å². The van der Waals surface area contributed by atoms with Gasteiger partial charge in [0.2, 0.25) is 0 Å². The largest absolute Gasteiger partial charge is 0.305 e. The molecular formula is C15H26N2S. The standard InChI is InChI=1S/C15H26N2S/c1-10-8-15(4,5)7-6-13(10)17-12(3)14-16-11(2)9-18-14/h9-10,12-13,17H,6-8H2,1-5H3. The second kappa shape index (κ2) is 5.30. The first-order chi connectivity index (χ1) is 8.37. The van der Waals surface area contributed by atoms with Crippen molar-refractivity contribution in [2.75, 3.05) is 0 Å². The first-order valence-electron chi connectivity index (χ1n) is 7.05. The molecule has 102 valence electrons. The molecule has 1 aliphatic rings. The van der Waals surface area contributed by atoms with Crippen LogP contribution in [-0.2, 0) is 0 Å². The number of hydrogen-bond donors (Lipinski definition) is 1. The minimum absolute atomic E-state index is 0.386. The fourth-order valence-corrected chi connectivity index (χ4v) is 3.97. The molecule has 1 fully saturated rings. The Labute approximate surface area is 115 Å². The lowest BCUT2D eigenvalue weighted by Crippen LogP contribution is -2.42. The fourth-order valence-electron chi connectivity index (χ4n) is 3.16. The zero-order chi connectivity index (χ0) is 13.3. The molecule has 1 N–H and O–H groups in total. The average Bonchev–Trinajstić information content (AvgIpc) is 2.68. The number of rotatable bonds is 3. The number of nitrogens with one attached hydrogen (secondary N) is 1. The highest BCUT2D eigenvalue weighted by Crippen LogP contribution is 2.39. The quantitative estimate of drug-likeness (QED) is 0.881. The molecule has 1 heterocycles. The summed E-state index contributed by atoms with van der Waals surface area (Å²) in [5.74, 6) is 0.761. The van der Waals surface area contributed by atoms with Crippen LogP contribution in [-0.4, -0.2) is 11.0 Å². The molecule has 0 saturated heterocycles. The molecule has 1 aromatic heterocycles.